The van der Waals surface area contributed by atoms with E-state index in [0.29, 0.717) is 6.61 Å². The zero-order valence-electron chi connectivity index (χ0n) is 10.5. The van der Waals surface area contributed by atoms with Gasteiger partial charge in [-0.1, -0.05) is 5.11 Å². The van der Waals surface area contributed by atoms with Crippen LogP contribution >= 0.6 is 0 Å². The van der Waals surface area contributed by atoms with E-state index in [9.17, 15) is 5.11 Å². The predicted molar refractivity (Wildman–Crippen MR) is 59.5 cm³/mol. The summed E-state index contributed by atoms with van der Waals surface area (Å²) in [6.45, 7) is 3.80. The minimum absolute atomic E-state index is 0.293. The molecule has 2 aliphatic heterocycles. The number of hydrogen-bond donors (Lipinski definition) is 1. The first-order valence-electron chi connectivity index (χ1n) is 5.71. The van der Waals surface area contributed by atoms with Gasteiger partial charge in [0.2, 0.25) is 0 Å². The van der Waals surface area contributed by atoms with E-state index in [4.69, 9.17) is 24.5 Å². The van der Waals surface area contributed by atoms with Crippen LogP contribution in [0, 0.1) is 0 Å². The Balaban J connectivity index is 2.23. The standard InChI is InChI=1S/C10H17N3O5/c1-10(2)16-4-5-8(18-10)6(12-13-11)7(14)9(15-3)17-5/h5-9,14H,4H2,1-3H3/t5-,6-,7-,8-,9?/m1/s1. The highest BCUT2D eigenvalue weighted by molar-refractivity contribution is 4.97. The van der Waals surface area contributed by atoms with Crippen LogP contribution in [-0.4, -0.2) is 55.3 Å². The topological polar surface area (TPSA) is 106 Å². The van der Waals surface area contributed by atoms with Gasteiger partial charge in [0, 0.05) is 12.0 Å². The van der Waals surface area contributed by atoms with Crippen molar-refractivity contribution in [1.29, 1.82) is 0 Å². The normalized spacial score (nSPS) is 42.8. The molecule has 2 saturated heterocycles. The lowest BCUT2D eigenvalue weighted by atomic mass is 9.95. The summed E-state index contributed by atoms with van der Waals surface area (Å²) in [7, 11) is 1.41. The molecule has 0 amide bonds. The van der Waals surface area contributed by atoms with E-state index in [0.717, 1.165) is 0 Å². The molecule has 18 heavy (non-hydrogen) atoms. The molecule has 2 rings (SSSR count). The van der Waals surface area contributed by atoms with Gasteiger partial charge >= 0.3 is 0 Å². The molecule has 0 saturated carbocycles. The van der Waals surface area contributed by atoms with Crippen molar-refractivity contribution in [1.82, 2.24) is 0 Å². The third-order valence-corrected chi connectivity index (χ3v) is 3.07. The Labute approximate surface area is 104 Å². The zero-order chi connectivity index (χ0) is 13.3. The Hall–Kier alpha value is -0.890. The first-order valence-corrected chi connectivity index (χ1v) is 5.71. The van der Waals surface area contributed by atoms with E-state index >= 15 is 0 Å². The first kappa shape index (κ1) is 13.5. The molecule has 0 aromatic heterocycles. The molecule has 2 fully saturated rings. The zero-order valence-corrected chi connectivity index (χ0v) is 10.5. The molecule has 0 aromatic rings. The molecule has 2 aliphatic rings. The molecule has 0 aromatic carbocycles. The van der Waals surface area contributed by atoms with Gasteiger partial charge in [-0.05, 0) is 19.4 Å². The highest BCUT2D eigenvalue weighted by Gasteiger charge is 2.50. The van der Waals surface area contributed by atoms with Crippen LogP contribution in [0.1, 0.15) is 13.8 Å². The smallest absolute Gasteiger partial charge is 0.184 e. The fourth-order valence-corrected chi connectivity index (χ4v) is 2.22. The molecule has 8 nitrogen and oxygen atoms in total. The van der Waals surface area contributed by atoms with Crippen molar-refractivity contribution in [3.8, 4) is 0 Å². The molecule has 0 radical (unpaired) electrons. The molecule has 5 atom stereocenters. The monoisotopic (exact) mass is 259 g/mol. The quantitative estimate of drug-likeness (QED) is 0.443. The lowest BCUT2D eigenvalue weighted by Gasteiger charge is -2.48. The number of aliphatic hydroxyl groups excluding tert-OH is 1. The van der Waals surface area contributed by atoms with E-state index < -0.39 is 36.4 Å². The van der Waals surface area contributed by atoms with Crippen LogP contribution < -0.4 is 0 Å². The van der Waals surface area contributed by atoms with Gasteiger partial charge in [-0.25, -0.2) is 0 Å². The summed E-state index contributed by atoms with van der Waals surface area (Å²) >= 11 is 0. The molecule has 0 bridgehead atoms. The Morgan fingerprint density at radius 1 is 1.50 bits per heavy atom. The second-order valence-electron chi connectivity index (χ2n) is 4.76. The number of aliphatic hydroxyl groups is 1. The molecule has 0 spiro atoms. The molecule has 102 valence electrons. The van der Waals surface area contributed by atoms with Crippen LogP contribution in [-0.2, 0) is 18.9 Å². The number of methoxy groups -OCH3 is 1. The summed E-state index contributed by atoms with van der Waals surface area (Å²) in [6, 6.07) is -0.762. The summed E-state index contributed by atoms with van der Waals surface area (Å²) in [6.07, 6.45) is -2.90. The van der Waals surface area contributed by atoms with Crippen molar-refractivity contribution in [3.05, 3.63) is 10.4 Å². The maximum absolute atomic E-state index is 10.0. The van der Waals surface area contributed by atoms with Crippen molar-refractivity contribution >= 4 is 0 Å². The third-order valence-electron chi connectivity index (χ3n) is 3.07. The van der Waals surface area contributed by atoms with E-state index in [1.54, 1.807) is 13.8 Å². The summed E-state index contributed by atoms with van der Waals surface area (Å²) in [5.41, 5.74) is 8.59. The van der Waals surface area contributed by atoms with E-state index in [2.05, 4.69) is 10.0 Å². The number of azide groups is 1. The molecule has 2 heterocycles. The van der Waals surface area contributed by atoms with Gasteiger partial charge in [0.05, 0.1) is 12.6 Å². The second kappa shape index (κ2) is 5.00. The SMILES string of the molecule is COC1O[C@@H]2COC(C)(C)O[C@H]2[C@H](N=[N+]=[N-])[C@H]1O. The highest BCUT2D eigenvalue weighted by Crippen LogP contribution is 2.33. The van der Waals surface area contributed by atoms with Crippen LogP contribution in [0.5, 0.6) is 0 Å². The Morgan fingerprint density at radius 2 is 2.22 bits per heavy atom. The van der Waals surface area contributed by atoms with Gasteiger partial charge in [-0.2, -0.15) is 0 Å². The van der Waals surface area contributed by atoms with E-state index in [1.165, 1.54) is 7.11 Å². The van der Waals surface area contributed by atoms with Crippen molar-refractivity contribution in [3.63, 3.8) is 0 Å². The lowest BCUT2D eigenvalue weighted by Crippen LogP contribution is -2.64. The van der Waals surface area contributed by atoms with E-state index in [-0.39, 0.29) is 0 Å². The Bertz CT molecular complexity index is 357. The lowest BCUT2D eigenvalue weighted by molar-refractivity contribution is -0.362. The van der Waals surface area contributed by atoms with Crippen LogP contribution in [0.3, 0.4) is 0 Å². The van der Waals surface area contributed by atoms with Gasteiger partial charge in [0.15, 0.2) is 12.1 Å². The Morgan fingerprint density at radius 3 is 2.83 bits per heavy atom. The van der Waals surface area contributed by atoms with Crippen molar-refractivity contribution < 1.29 is 24.1 Å². The minimum atomic E-state index is -1.07. The van der Waals surface area contributed by atoms with Gasteiger partial charge in [0.25, 0.3) is 0 Å². The van der Waals surface area contributed by atoms with Gasteiger partial charge in [-0.15, -0.1) is 0 Å². The van der Waals surface area contributed by atoms with Gasteiger partial charge in [0.1, 0.15) is 18.3 Å². The molecule has 0 aliphatic carbocycles. The van der Waals surface area contributed by atoms with Crippen molar-refractivity contribution in [2.24, 2.45) is 5.11 Å². The maximum Gasteiger partial charge on any atom is 0.184 e. The molecular formula is C10H17N3O5. The number of nitrogens with zero attached hydrogens (tertiary/aromatic N) is 3. The molecule has 8 heteroatoms. The minimum Gasteiger partial charge on any atom is -0.387 e. The highest BCUT2D eigenvalue weighted by atomic mass is 16.8. The fraction of sp³-hybridized carbons (Fsp3) is 1.00. The molecule has 1 unspecified atom stereocenters. The van der Waals surface area contributed by atoms with Gasteiger partial charge in [-0.3, -0.25) is 0 Å². The predicted octanol–water partition coefficient (Wildman–Crippen LogP) is 0.549. The summed E-state index contributed by atoms with van der Waals surface area (Å²) in [5, 5.41) is 13.6. The fourth-order valence-electron chi connectivity index (χ4n) is 2.22. The molecule has 1 N–H and O–H groups in total. The first-order chi connectivity index (χ1) is 8.48. The summed E-state index contributed by atoms with van der Waals surface area (Å²) < 4.78 is 21.7. The average molecular weight is 259 g/mol. The summed E-state index contributed by atoms with van der Waals surface area (Å²) in [5.74, 6) is -0.798. The van der Waals surface area contributed by atoms with Crippen molar-refractivity contribution in [2.45, 2.75) is 50.3 Å². The molecular weight excluding hydrogens is 242 g/mol. The summed E-state index contributed by atoms with van der Waals surface area (Å²) in [4.78, 5) is 2.75. The van der Waals surface area contributed by atoms with E-state index in [1.807, 2.05) is 0 Å². The van der Waals surface area contributed by atoms with Crippen LogP contribution in [0.25, 0.3) is 10.4 Å². The van der Waals surface area contributed by atoms with Crippen LogP contribution in [0.2, 0.25) is 0 Å². The third kappa shape index (κ3) is 2.44. The van der Waals surface area contributed by atoms with Crippen LogP contribution in [0.4, 0.5) is 0 Å². The number of rotatable bonds is 2. The maximum atomic E-state index is 10.0. The second-order valence-corrected chi connectivity index (χ2v) is 4.76. The number of ether oxygens (including phenoxy) is 4. The van der Waals surface area contributed by atoms with Crippen molar-refractivity contribution in [2.75, 3.05) is 13.7 Å². The average Bonchev–Trinajstić information content (AvgIpc) is 2.32. The van der Waals surface area contributed by atoms with Crippen LogP contribution in [0.15, 0.2) is 5.11 Å². The van der Waals surface area contributed by atoms with Gasteiger partial charge < -0.3 is 24.1 Å². The Kier molecular flexibility index (Phi) is 3.76. The number of hydrogen-bond acceptors (Lipinski definition) is 6. The largest absolute Gasteiger partial charge is 0.387 e. The number of fused-ring (bicyclic) bond motifs is 1.